The Labute approximate surface area is 150 Å². The maximum Gasteiger partial charge on any atom is 2.00 e. The summed E-state index contributed by atoms with van der Waals surface area (Å²) in [4.78, 5) is 40.7. The molecule has 0 saturated heterocycles. The Kier molecular flexibility index (Phi) is 27.9. The first-order valence-corrected chi connectivity index (χ1v) is 13.7. The van der Waals surface area contributed by atoms with E-state index in [1.165, 1.54) is 0 Å². The van der Waals surface area contributed by atoms with Crippen molar-refractivity contribution in [1.82, 2.24) is 0 Å². The largest absolute Gasteiger partial charge is 2.00 e. The Bertz CT molecular complexity index is 247. The first-order valence-electron chi connectivity index (χ1n) is 3.09. The van der Waals surface area contributed by atoms with Crippen molar-refractivity contribution in [3.8, 4) is 0 Å². The van der Waals surface area contributed by atoms with Crippen LogP contribution in [-0.4, -0.2) is 25.0 Å². The molecule has 119 valence electrons. The van der Waals surface area contributed by atoms with E-state index in [4.69, 9.17) is 0 Å². The Morgan fingerprint density at radius 2 is 0.706 bits per heavy atom. The Balaban J connectivity index is -0.0000000480. The van der Waals surface area contributed by atoms with Gasteiger partial charge in [-0.2, -0.15) is 0 Å². The van der Waals surface area contributed by atoms with Crippen LogP contribution in [0.1, 0.15) is 0 Å². The minimum atomic E-state index is -3.38. The monoisotopic (exact) mass is 503 g/mol. The molecule has 13 heteroatoms. The third-order valence-electron chi connectivity index (χ3n) is 0.894. The van der Waals surface area contributed by atoms with Gasteiger partial charge in [0.25, 0.3) is 0 Å². The molecule has 0 aromatic heterocycles. The van der Waals surface area contributed by atoms with Crippen LogP contribution < -0.4 is 19.6 Å². The van der Waals surface area contributed by atoms with Crippen LogP contribution in [0.3, 0.4) is 0 Å². The van der Waals surface area contributed by atoms with Gasteiger partial charge in [0.1, 0.15) is 0 Å². The van der Waals surface area contributed by atoms with Gasteiger partial charge in [0, 0.05) is 0 Å². The molecule has 0 amide bonds. The molecule has 3 radical (unpaired) electrons. The molecule has 0 saturated carbocycles. The van der Waals surface area contributed by atoms with Gasteiger partial charge in [0.05, 0.1) is 0 Å². The van der Waals surface area contributed by atoms with E-state index in [0.717, 1.165) is 0 Å². The molecule has 0 aliphatic carbocycles. The molecule has 0 atom stereocenters. The average molecular weight is 505 g/mol. The van der Waals surface area contributed by atoms with Crippen LogP contribution in [0.25, 0.3) is 0 Å². The fourth-order valence-corrected chi connectivity index (χ4v) is 0. The van der Waals surface area contributed by atoms with Crippen molar-refractivity contribution in [2.75, 3.05) is 25.0 Å². The first kappa shape index (κ1) is 32.6. The summed E-state index contributed by atoms with van der Waals surface area (Å²) in [6.07, 6.45) is 6.39. The van der Waals surface area contributed by atoms with E-state index in [1.807, 2.05) is 0 Å². The van der Waals surface area contributed by atoms with Crippen LogP contribution in [0.5, 0.6) is 0 Å². The van der Waals surface area contributed by atoms with Gasteiger partial charge in [-0.1, -0.05) is 0 Å². The van der Waals surface area contributed by atoms with Crippen molar-refractivity contribution >= 4 is 56.0 Å². The average Bonchev–Trinajstić information content (AvgIpc) is 1.83. The molecule has 0 heterocycles. The zero-order chi connectivity index (χ0) is 12.2. The van der Waals surface area contributed by atoms with Crippen molar-refractivity contribution in [2.45, 2.75) is 0 Å². The third kappa shape index (κ3) is 25.0. The summed E-state index contributed by atoms with van der Waals surface area (Å²) in [5.74, 6) is 0. The van der Waals surface area contributed by atoms with Crippen LogP contribution in [0.4, 0.5) is 0 Å². The second-order valence-electron chi connectivity index (χ2n) is 2.44. The number of rotatable bonds is 0. The summed E-state index contributed by atoms with van der Waals surface area (Å²) in [7, 11) is -1.24. The first-order chi connectivity index (χ1) is 5.89. The number of hydrogen-bond donors (Lipinski definition) is 0. The van der Waals surface area contributed by atoms with E-state index >= 15 is 0 Å². The fraction of sp³-hybridized carbons (Fsp3) is 1.00. The van der Waals surface area contributed by atoms with Gasteiger partial charge in [0.2, 0.25) is 0 Å². The second kappa shape index (κ2) is 14.6. The predicted octanol–water partition coefficient (Wildman–Crippen LogP) is -2.39. The molecular weight excluding hydrogens is 493 g/mol. The van der Waals surface area contributed by atoms with Crippen LogP contribution in [-0.2, 0) is 95.8 Å². The zero-order valence-corrected chi connectivity index (χ0v) is 16.9. The smallest absolute Gasteiger partial charge is 0.854 e. The van der Waals surface area contributed by atoms with Gasteiger partial charge in [0.15, 0.2) is 0 Å². The normalized spacial score (nSPS) is 10.6. The molecule has 0 bridgehead atoms. The zero-order valence-electron chi connectivity index (χ0n) is 9.06. The summed E-state index contributed by atoms with van der Waals surface area (Å²) in [5, 5.41) is 0. The van der Waals surface area contributed by atoms with Gasteiger partial charge < -0.3 is 55.5 Å². The Hall–Kier alpha value is 3.66. The minimum Gasteiger partial charge on any atom is -0.854 e. The predicted molar refractivity (Wildman–Crippen MR) is 67.0 cm³/mol. The molecule has 4 nitrogen and oxygen atoms in total. The SMILES string of the molecule is CS(C)=P([O-])([O-])[S-].CS(C)=P([O-])([O-])[S-].[Cu+2].[Cu+2].[Cu+2]. The molecule has 0 spiro atoms. The van der Waals surface area contributed by atoms with Gasteiger partial charge in [-0.3, -0.25) is 0 Å². The van der Waals surface area contributed by atoms with Crippen molar-refractivity contribution in [2.24, 2.45) is 0 Å². The molecule has 17 heavy (non-hydrogen) atoms. The minimum absolute atomic E-state index is 0. The third-order valence-corrected chi connectivity index (χ3v) is 13.4. The van der Waals surface area contributed by atoms with Gasteiger partial charge in [-0.05, 0) is 25.0 Å². The molecule has 0 rings (SSSR count). The molecule has 0 fully saturated rings. The van der Waals surface area contributed by atoms with E-state index in [9.17, 15) is 19.6 Å². The van der Waals surface area contributed by atoms with Crippen LogP contribution in [0, 0.1) is 0 Å². The van der Waals surface area contributed by atoms with Crippen LogP contribution in [0.15, 0.2) is 0 Å². The standard InChI is InChI=1S/2C2H6O2PS2.3Cu/c2*1-7(2)5(3,4)6;;;/h2*1-2H3;;;/q2*-3;3*+2. The Morgan fingerprint density at radius 1 is 0.647 bits per heavy atom. The maximum atomic E-state index is 10.2. The molecule has 0 N–H and O–H groups in total. The van der Waals surface area contributed by atoms with Crippen LogP contribution in [0.2, 0.25) is 0 Å². The summed E-state index contributed by atoms with van der Waals surface area (Å²) in [5.41, 5.74) is -6.75. The van der Waals surface area contributed by atoms with Crippen molar-refractivity contribution in [1.29, 1.82) is 0 Å². The second-order valence-corrected chi connectivity index (χ2v) is 18.9. The topological polar surface area (TPSA) is 92.2 Å². The van der Waals surface area contributed by atoms with Gasteiger partial charge in [-0.15, -0.1) is 0 Å². The van der Waals surface area contributed by atoms with Crippen molar-refractivity contribution < 1.29 is 70.8 Å². The van der Waals surface area contributed by atoms with Crippen molar-refractivity contribution in [3.63, 3.8) is 0 Å². The summed E-state index contributed by atoms with van der Waals surface area (Å²) >= 11 is 8.24. The maximum absolute atomic E-state index is 10.2. The summed E-state index contributed by atoms with van der Waals surface area (Å²) in [6, 6.07) is 0. The van der Waals surface area contributed by atoms with E-state index in [0.29, 0.717) is 0 Å². The Morgan fingerprint density at radius 3 is 0.706 bits per heavy atom. The summed E-state index contributed by atoms with van der Waals surface area (Å²) < 4.78 is 0. The number of hydrogen-bond acceptors (Lipinski definition) is 6. The van der Waals surface area contributed by atoms with Gasteiger partial charge >= 0.3 is 51.2 Å². The van der Waals surface area contributed by atoms with E-state index in [2.05, 4.69) is 24.5 Å². The molecule has 0 aliphatic heterocycles. The van der Waals surface area contributed by atoms with E-state index in [1.54, 1.807) is 25.0 Å². The molecular formula is C4H12Cu3O4P2S4. The van der Waals surface area contributed by atoms with Crippen LogP contribution >= 0.6 is 11.4 Å². The summed E-state index contributed by atoms with van der Waals surface area (Å²) in [6.45, 7) is 0. The van der Waals surface area contributed by atoms with E-state index < -0.39 is 31.5 Å². The van der Waals surface area contributed by atoms with Crippen molar-refractivity contribution in [3.05, 3.63) is 0 Å². The van der Waals surface area contributed by atoms with Gasteiger partial charge in [-0.25, -0.2) is 20.1 Å². The molecule has 0 unspecified atom stereocenters. The molecule has 0 aromatic carbocycles. The fourth-order valence-electron chi connectivity index (χ4n) is 0. The molecule has 0 aromatic rings. The molecule has 0 aliphatic rings. The quantitative estimate of drug-likeness (QED) is 0.208. The van der Waals surface area contributed by atoms with E-state index in [-0.39, 0.29) is 51.2 Å².